The van der Waals surface area contributed by atoms with E-state index in [1.807, 2.05) is 31.3 Å². The average molecular weight is 363 g/mol. The van der Waals surface area contributed by atoms with E-state index in [2.05, 4.69) is 50.0 Å². The number of nitrogens with zero attached hydrogens (tertiary/aromatic N) is 2. The van der Waals surface area contributed by atoms with Gasteiger partial charge in [0.25, 0.3) is 0 Å². The summed E-state index contributed by atoms with van der Waals surface area (Å²) in [5, 5.41) is 10.5. The minimum atomic E-state index is 0.312. The van der Waals surface area contributed by atoms with E-state index in [1.165, 1.54) is 10.4 Å². The van der Waals surface area contributed by atoms with Crippen LogP contribution in [0.15, 0.2) is 40.9 Å². The molecule has 1 aliphatic rings. The molecule has 0 amide bonds. The lowest BCUT2D eigenvalue weighted by Gasteiger charge is -2.33. The standard InChI is InChI=1S/C23H26N2S/c1-16(12-17-8-6-5-7-9-17)15-25-22-20(14-24)19-11-10-18(23(2,3)4)13-21(19)26-22/h5-9,12,15,18H,10-11,13H2,1-4H3/b16-12+,25-15?/t18-/m1/s1. The maximum absolute atomic E-state index is 9.66. The predicted octanol–water partition coefficient (Wildman–Crippen LogP) is 6.58. The fourth-order valence-corrected chi connectivity index (χ4v) is 4.75. The topological polar surface area (TPSA) is 36.1 Å². The Morgan fingerprint density at radius 2 is 2.00 bits per heavy atom. The van der Waals surface area contributed by atoms with Crippen molar-refractivity contribution >= 4 is 28.6 Å². The van der Waals surface area contributed by atoms with Gasteiger partial charge < -0.3 is 0 Å². The summed E-state index contributed by atoms with van der Waals surface area (Å²) in [6.45, 7) is 9.00. The fraction of sp³-hybridized carbons (Fsp3) is 0.391. The van der Waals surface area contributed by atoms with Gasteiger partial charge in [0.05, 0.1) is 5.56 Å². The van der Waals surface area contributed by atoms with Gasteiger partial charge in [-0.05, 0) is 54.2 Å². The van der Waals surface area contributed by atoms with Crippen molar-refractivity contribution in [3.8, 4) is 6.07 Å². The molecule has 1 atom stereocenters. The van der Waals surface area contributed by atoms with Gasteiger partial charge >= 0.3 is 0 Å². The van der Waals surface area contributed by atoms with E-state index in [0.29, 0.717) is 11.3 Å². The summed E-state index contributed by atoms with van der Waals surface area (Å²) < 4.78 is 0. The first-order chi connectivity index (χ1) is 12.4. The van der Waals surface area contributed by atoms with Crippen LogP contribution in [0.25, 0.3) is 6.08 Å². The Morgan fingerprint density at radius 3 is 2.65 bits per heavy atom. The molecule has 26 heavy (non-hydrogen) atoms. The molecule has 1 heterocycles. The third kappa shape index (κ3) is 4.14. The van der Waals surface area contributed by atoms with Crippen LogP contribution in [-0.2, 0) is 12.8 Å². The van der Waals surface area contributed by atoms with Crippen molar-refractivity contribution < 1.29 is 0 Å². The maximum Gasteiger partial charge on any atom is 0.134 e. The number of allylic oxidation sites excluding steroid dienone is 1. The second-order valence-corrected chi connectivity index (χ2v) is 9.24. The van der Waals surface area contributed by atoms with Gasteiger partial charge in [0, 0.05) is 11.1 Å². The third-order valence-electron chi connectivity index (χ3n) is 5.16. The van der Waals surface area contributed by atoms with Crippen molar-refractivity contribution in [1.82, 2.24) is 0 Å². The van der Waals surface area contributed by atoms with Crippen LogP contribution >= 0.6 is 11.3 Å². The van der Waals surface area contributed by atoms with Crippen LogP contribution in [0.2, 0.25) is 0 Å². The minimum absolute atomic E-state index is 0.312. The van der Waals surface area contributed by atoms with Gasteiger partial charge in [-0.25, -0.2) is 4.99 Å². The number of aliphatic imine (C=N–C) groups is 1. The number of hydrogen-bond donors (Lipinski definition) is 0. The lowest BCUT2D eigenvalue weighted by Crippen LogP contribution is -2.26. The van der Waals surface area contributed by atoms with E-state index in [-0.39, 0.29) is 0 Å². The zero-order valence-electron chi connectivity index (χ0n) is 16.0. The number of hydrogen-bond acceptors (Lipinski definition) is 3. The summed E-state index contributed by atoms with van der Waals surface area (Å²) in [5.74, 6) is 0.678. The normalized spacial score (nSPS) is 18.0. The highest BCUT2D eigenvalue weighted by molar-refractivity contribution is 7.16. The van der Waals surface area contributed by atoms with Gasteiger partial charge in [0.2, 0.25) is 0 Å². The Morgan fingerprint density at radius 1 is 1.27 bits per heavy atom. The Bertz CT molecular complexity index is 873. The maximum atomic E-state index is 9.66. The molecule has 3 heteroatoms. The molecule has 2 aromatic rings. The summed E-state index contributed by atoms with van der Waals surface area (Å²) in [7, 11) is 0. The number of benzene rings is 1. The predicted molar refractivity (Wildman–Crippen MR) is 112 cm³/mol. The minimum Gasteiger partial charge on any atom is -0.244 e. The van der Waals surface area contributed by atoms with E-state index in [4.69, 9.17) is 0 Å². The molecule has 1 aromatic heterocycles. The summed E-state index contributed by atoms with van der Waals surface area (Å²) in [4.78, 5) is 6.03. The van der Waals surface area contributed by atoms with Crippen LogP contribution in [0.3, 0.4) is 0 Å². The molecule has 0 aliphatic heterocycles. The fourth-order valence-electron chi connectivity index (χ4n) is 3.53. The van der Waals surface area contributed by atoms with Gasteiger partial charge in [-0.1, -0.05) is 57.2 Å². The largest absolute Gasteiger partial charge is 0.244 e. The summed E-state index contributed by atoms with van der Waals surface area (Å²) in [5.41, 5.74) is 4.60. The van der Waals surface area contributed by atoms with Crippen LogP contribution < -0.4 is 0 Å². The Labute approximate surface area is 160 Å². The Hall–Kier alpha value is -2.18. The van der Waals surface area contributed by atoms with Crippen LogP contribution in [-0.4, -0.2) is 6.21 Å². The molecule has 0 bridgehead atoms. The van der Waals surface area contributed by atoms with Crippen LogP contribution in [0, 0.1) is 22.7 Å². The molecular weight excluding hydrogens is 336 g/mol. The van der Waals surface area contributed by atoms with Crippen molar-refractivity contribution in [2.45, 2.75) is 47.0 Å². The van der Waals surface area contributed by atoms with E-state index >= 15 is 0 Å². The highest BCUT2D eigenvalue weighted by Crippen LogP contribution is 2.44. The smallest absolute Gasteiger partial charge is 0.134 e. The third-order valence-corrected chi connectivity index (χ3v) is 6.32. The van der Waals surface area contributed by atoms with Crippen LogP contribution in [0.4, 0.5) is 5.00 Å². The molecule has 0 fully saturated rings. The lowest BCUT2D eigenvalue weighted by molar-refractivity contribution is 0.218. The SMILES string of the molecule is C/C(C=Nc1sc2c(c1C#N)CC[C@@H](C(C)(C)C)C2)=C\c1ccccc1. The van der Waals surface area contributed by atoms with Crippen molar-refractivity contribution in [3.63, 3.8) is 0 Å². The summed E-state index contributed by atoms with van der Waals surface area (Å²) >= 11 is 1.71. The molecule has 0 radical (unpaired) electrons. The molecule has 0 saturated carbocycles. The molecule has 0 unspecified atom stereocenters. The molecular formula is C23H26N2S. The lowest BCUT2D eigenvalue weighted by atomic mass is 9.72. The van der Waals surface area contributed by atoms with Crippen molar-refractivity contribution in [2.24, 2.45) is 16.3 Å². The molecule has 0 saturated heterocycles. The van der Waals surface area contributed by atoms with Crippen molar-refractivity contribution in [1.29, 1.82) is 5.26 Å². The first kappa shape index (κ1) is 18.6. The highest BCUT2D eigenvalue weighted by atomic mass is 32.1. The molecule has 3 rings (SSSR count). The second-order valence-electron chi connectivity index (χ2n) is 8.16. The number of fused-ring (bicyclic) bond motifs is 1. The Balaban J connectivity index is 1.85. The molecule has 1 aromatic carbocycles. The number of nitriles is 1. The van der Waals surface area contributed by atoms with Crippen molar-refractivity contribution in [3.05, 3.63) is 57.5 Å². The molecule has 1 aliphatic carbocycles. The van der Waals surface area contributed by atoms with Crippen LogP contribution in [0.5, 0.6) is 0 Å². The summed E-state index contributed by atoms with van der Waals surface area (Å²) in [6, 6.07) is 12.6. The molecule has 2 nitrogen and oxygen atoms in total. The van der Waals surface area contributed by atoms with Gasteiger partial charge in [-0.15, -0.1) is 11.3 Å². The highest BCUT2D eigenvalue weighted by Gasteiger charge is 2.32. The quantitative estimate of drug-likeness (QED) is 0.568. The summed E-state index contributed by atoms with van der Waals surface area (Å²) in [6.07, 6.45) is 7.24. The van der Waals surface area contributed by atoms with Crippen LogP contribution in [0.1, 0.15) is 55.7 Å². The van der Waals surface area contributed by atoms with Gasteiger partial charge in [0.15, 0.2) is 0 Å². The Kier molecular flexibility index (Phi) is 5.44. The zero-order chi connectivity index (χ0) is 18.7. The zero-order valence-corrected chi connectivity index (χ0v) is 16.9. The second kappa shape index (κ2) is 7.60. The monoisotopic (exact) mass is 362 g/mol. The van der Waals surface area contributed by atoms with Gasteiger partial charge in [-0.3, -0.25) is 0 Å². The average Bonchev–Trinajstić information content (AvgIpc) is 2.96. The molecule has 0 spiro atoms. The number of rotatable bonds is 3. The van der Waals surface area contributed by atoms with E-state index in [9.17, 15) is 5.26 Å². The first-order valence-corrected chi connectivity index (χ1v) is 10.0. The van der Waals surface area contributed by atoms with Crippen molar-refractivity contribution in [2.75, 3.05) is 0 Å². The van der Waals surface area contributed by atoms with Gasteiger partial charge in [-0.2, -0.15) is 5.26 Å². The number of thiophene rings is 1. The van der Waals surface area contributed by atoms with E-state index in [0.717, 1.165) is 41.0 Å². The molecule has 134 valence electrons. The van der Waals surface area contributed by atoms with E-state index in [1.54, 1.807) is 11.3 Å². The first-order valence-electron chi connectivity index (χ1n) is 9.20. The van der Waals surface area contributed by atoms with Gasteiger partial charge in [0.1, 0.15) is 11.1 Å². The molecule has 0 N–H and O–H groups in total. The van der Waals surface area contributed by atoms with E-state index < -0.39 is 0 Å².